The van der Waals surface area contributed by atoms with Crippen molar-refractivity contribution in [3.8, 4) is 0 Å². The van der Waals surface area contributed by atoms with E-state index in [4.69, 9.17) is 10.6 Å². The van der Waals surface area contributed by atoms with Crippen LogP contribution in [0, 0.1) is 0 Å². The number of hydrogen-bond donors (Lipinski definition) is 2. The number of nitrogens with zero attached hydrogens (tertiary/aromatic N) is 2. The Morgan fingerprint density at radius 1 is 1.38 bits per heavy atom. The Balaban J connectivity index is 4.43. The maximum Gasteiger partial charge on any atom is 0.253 e. The van der Waals surface area contributed by atoms with Crippen molar-refractivity contribution < 1.29 is 14.3 Å². The Labute approximate surface area is 95.5 Å². The summed E-state index contributed by atoms with van der Waals surface area (Å²) in [4.78, 5) is 25.9. The second-order valence-electron chi connectivity index (χ2n) is 3.68. The van der Waals surface area contributed by atoms with Gasteiger partial charge in [0.25, 0.3) is 5.91 Å². The summed E-state index contributed by atoms with van der Waals surface area (Å²) < 4.78 is 4.91. The van der Waals surface area contributed by atoms with E-state index < -0.39 is 6.04 Å². The van der Waals surface area contributed by atoms with Crippen molar-refractivity contribution in [2.45, 2.75) is 6.04 Å². The molecular weight excluding hydrogens is 212 g/mol. The number of carbonyl (C=O) groups is 2. The lowest BCUT2D eigenvalue weighted by Crippen LogP contribution is -2.52. The van der Waals surface area contributed by atoms with Crippen LogP contribution in [-0.4, -0.2) is 69.1 Å². The number of ether oxygens (including phenoxy) is 1. The molecule has 0 spiro atoms. The second-order valence-corrected chi connectivity index (χ2v) is 3.68. The summed E-state index contributed by atoms with van der Waals surface area (Å²) in [5.41, 5.74) is 2.05. The number of hydrogen-bond acceptors (Lipinski definition) is 5. The maximum absolute atomic E-state index is 11.5. The highest BCUT2D eigenvalue weighted by molar-refractivity contribution is 5.83. The third kappa shape index (κ3) is 4.56. The number of nitrogens with two attached hydrogens (primary N) is 1. The predicted molar refractivity (Wildman–Crippen MR) is 59.3 cm³/mol. The zero-order chi connectivity index (χ0) is 12.7. The van der Waals surface area contributed by atoms with E-state index in [0.29, 0.717) is 0 Å². The molecule has 0 aromatic heterocycles. The molecule has 0 heterocycles. The normalized spacial score (nSPS) is 12.4. The molecule has 0 radical (unpaired) electrons. The first-order valence-electron chi connectivity index (χ1n) is 4.83. The molecule has 0 aromatic carbocycles. The van der Waals surface area contributed by atoms with E-state index in [1.165, 1.54) is 12.0 Å². The lowest BCUT2D eigenvalue weighted by Gasteiger charge is -2.26. The highest BCUT2D eigenvalue weighted by Gasteiger charge is 2.24. The Morgan fingerprint density at radius 3 is 2.31 bits per heavy atom. The second kappa shape index (κ2) is 7.15. The molecule has 7 heteroatoms. The summed E-state index contributed by atoms with van der Waals surface area (Å²) in [5.74, 6) is 4.59. The maximum atomic E-state index is 11.5. The SMILES string of the molecule is COCC(C(=O)NN)N(C)CC(=O)N(C)C. The largest absolute Gasteiger partial charge is 0.383 e. The summed E-state index contributed by atoms with van der Waals surface area (Å²) in [5, 5.41) is 0. The third-order valence-corrected chi connectivity index (χ3v) is 2.18. The molecule has 0 aliphatic rings. The van der Waals surface area contributed by atoms with Crippen molar-refractivity contribution in [1.82, 2.24) is 15.2 Å². The van der Waals surface area contributed by atoms with Gasteiger partial charge in [-0.05, 0) is 7.05 Å². The van der Waals surface area contributed by atoms with E-state index >= 15 is 0 Å². The average molecular weight is 232 g/mol. The molecule has 1 unspecified atom stereocenters. The van der Waals surface area contributed by atoms with Crippen molar-refractivity contribution in [2.75, 3.05) is 41.4 Å². The number of carbonyl (C=O) groups excluding carboxylic acids is 2. The fourth-order valence-corrected chi connectivity index (χ4v) is 1.12. The van der Waals surface area contributed by atoms with Crippen LogP contribution in [0.2, 0.25) is 0 Å². The number of amides is 2. The van der Waals surface area contributed by atoms with Gasteiger partial charge in [0.05, 0.1) is 13.2 Å². The lowest BCUT2D eigenvalue weighted by atomic mass is 10.2. The van der Waals surface area contributed by atoms with Gasteiger partial charge in [0.2, 0.25) is 5.91 Å². The quantitative estimate of drug-likeness (QED) is 0.314. The van der Waals surface area contributed by atoms with E-state index in [9.17, 15) is 9.59 Å². The van der Waals surface area contributed by atoms with Crippen LogP contribution in [0.1, 0.15) is 0 Å². The fourth-order valence-electron chi connectivity index (χ4n) is 1.12. The van der Waals surface area contributed by atoms with E-state index in [1.54, 1.807) is 26.0 Å². The molecule has 0 saturated heterocycles. The van der Waals surface area contributed by atoms with Crippen LogP contribution in [0.4, 0.5) is 0 Å². The van der Waals surface area contributed by atoms with Gasteiger partial charge in [-0.2, -0.15) is 0 Å². The Bertz CT molecular complexity index is 245. The zero-order valence-electron chi connectivity index (χ0n) is 10.2. The Morgan fingerprint density at radius 2 is 1.94 bits per heavy atom. The molecule has 0 aromatic rings. The summed E-state index contributed by atoms with van der Waals surface area (Å²) in [6, 6.07) is -0.570. The smallest absolute Gasteiger partial charge is 0.253 e. The molecule has 2 amide bonds. The van der Waals surface area contributed by atoms with Crippen LogP contribution in [-0.2, 0) is 14.3 Å². The van der Waals surface area contributed by atoms with E-state index in [1.807, 2.05) is 5.43 Å². The lowest BCUT2D eigenvalue weighted by molar-refractivity contribution is -0.133. The van der Waals surface area contributed by atoms with Gasteiger partial charge in [-0.25, -0.2) is 5.84 Å². The van der Waals surface area contributed by atoms with Crippen LogP contribution in [0.25, 0.3) is 0 Å². The molecule has 0 saturated carbocycles. The molecule has 0 bridgehead atoms. The number of nitrogens with one attached hydrogen (secondary N) is 1. The molecular formula is C9H20N4O3. The Hall–Kier alpha value is -1.18. The first-order valence-corrected chi connectivity index (χ1v) is 4.83. The van der Waals surface area contributed by atoms with Crippen LogP contribution in [0.5, 0.6) is 0 Å². The molecule has 0 rings (SSSR count). The van der Waals surface area contributed by atoms with Crippen LogP contribution >= 0.6 is 0 Å². The fraction of sp³-hybridized carbons (Fsp3) is 0.778. The van der Waals surface area contributed by atoms with Crippen LogP contribution in [0.15, 0.2) is 0 Å². The molecule has 94 valence electrons. The van der Waals surface area contributed by atoms with Crippen LogP contribution < -0.4 is 11.3 Å². The summed E-state index contributed by atoms with van der Waals surface area (Å²) in [7, 11) is 6.47. The molecule has 0 aliphatic carbocycles. The van der Waals surface area contributed by atoms with Gasteiger partial charge in [-0.3, -0.25) is 19.9 Å². The highest BCUT2D eigenvalue weighted by atomic mass is 16.5. The number of rotatable bonds is 6. The minimum Gasteiger partial charge on any atom is -0.383 e. The van der Waals surface area contributed by atoms with Crippen molar-refractivity contribution in [1.29, 1.82) is 0 Å². The molecule has 3 N–H and O–H groups in total. The average Bonchev–Trinajstić information content (AvgIpc) is 2.24. The third-order valence-electron chi connectivity index (χ3n) is 2.18. The molecule has 0 fully saturated rings. The number of likely N-dealkylation sites (N-methyl/N-ethyl adjacent to an activating group) is 2. The first kappa shape index (κ1) is 14.8. The van der Waals surface area contributed by atoms with Crippen molar-refractivity contribution in [3.63, 3.8) is 0 Å². The van der Waals surface area contributed by atoms with Gasteiger partial charge >= 0.3 is 0 Å². The van der Waals surface area contributed by atoms with Gasteiger partial charge in [0.15, 0.2) is 0 Å². The summed E-state index contributed by atoms with van der Waals surface area (Å²) in [6.07, 6.45) is 0. The van der Waals surface area contributed by atoms with Crippen molar-refractivity contribution in [3.05, 3.63) is 0 Å². The van der Waals surface area contributed by atoms with Gasteiger partial charge in [0.1, 0.15) is 6.04 Å². The first-order chi connectivity index (χ1) is 7.43. The summed E-state index contributed by atoms with van der Waals surface area (Å²) in [6.45, 7) is 0.314. The molecule has 7 nitrogen and oxygen atoms in total. The number of hydrazine groups is 1. The standard InChI is InChI=1S/C9H20N4O3/c1-12(2)8(14)5-13(3)7(6-16-4)9(15)11-10/h7H,5-6,10H2,1-4H3,(H,11,15). The van der Waals surface area contributed by atoms with Gasteiger partial charge < -0.3 is 9.64 Å². The summed E-state index contributed by atoms with van der Waals surface area (Å²) >= 11 is 0. The molecule has 16 heavy (non-hydrogen) atoms. The monoisotopic (exact) mass is 232 g/mol. The minimum atomic E-state index is -0.570. The Kier molecular flexibility index (Phi) is 6.63. The van der Waals surface area contributed by atoms with Gasteiger partial charge in [-0.15, -0.1) is 0 Å². The number of methoxy groups -OCH3 is 1. The van der Waals surface area contributed by atoms with Crippen molar-refractivity contribution in [2.24, 2.45) is 5.84 Å². The van der Waals surface area contributed by atoms with E-state index in [2.05, 4.69) is 0 Å². The van der Waals surface area contributed by atoms with Gasteiger partial charge in [-0.1, -0.05) is 0 Å². The topological polar surface area (TPSA) is 87.9 Å². The predicted octanol–water partition coefficient (Wildman–Crippen LogP) is -1.99. The van der Waals surface area contributed by atoms with E-state index in [-0.39, 0.29) is 25.0 Å². The van der Waals surface area contributed by atoms with Crippen LogP contribution in [0.3, 0.4) is 0 Å². The molecule has 0 aliphatic heterocycles. The van der Waals surface area contributed by atoms with Gasteiger partial charge in [0, 0.05) is 21.2 Å². The zero-order valence-corrected chi connectivity index (χ0v) is 10.2. The minimum absolute atomic E-state index is 0.0894. The van der Waals surface area contributed by atoms with Crippen molar-refractivity contribution >= 4 is 11.8 Å². The molecule has 1 atom stereocenters. The van der Waals surface area contributed by atoms with E-state index in [0.717, 1.165) is 0 Å². The highest BCUT2D eigenvalue weighted by Crippen LogP contribution is 1.98.